The zero-order chi connectivity index (χ0) is 25.4. The zero-order valence-corrected chi connectivity index (χ0v) is 23.9. The molecule has 10 atom stereocenters. The minimum atomic E-state index is -0.119. The van der Waals surface area contributed by atoms with Crippen LogP contribution >= 0.6 is 0 Å². The van der Waals surface area contributed by atoms with Gasteiger partial charge in [-0.2, -0.15) is 0 Å². The number of hydrogen-bond acceptors (Lipinski definition) is 3. The van der Waals surface area contributed by atoms with E-state index in [0.717, 1.165) is 6.42 Å². The molecule has 0 aromatic rings. The lowest BCUT2D eigenvalue weighted by Gasteiger charge is -2.70. The fraction of sp³-hybridized carbons (Fsp3) is 0.906. The zero-order valence-electron chi connectivity index (χ0n) is 23.9. The Kier molecular flexibility index (Phi) is 4.88. The van der Waals surface area contributed by atoms with E-state index >= 15 is 0 Å². The number of carbonyl (C=O) groups is 1. The maximum Gasteiger partial charge on any atom is 0.302 e. The molecule has 196 valence electrons. The monoisotopic (exact) mass is 482 g/mol. The summed E-state index contributed by atoms with van der Waals surface area (Å²) in [5.41, 5.74) is 3.19. The van der Waals surface area contributed by atoms with Crippen LogP contribution in [0.1, 0.15) is 114 Å². The summed E-state index contributed by atoms with van der Waals surface area (Å²) in [4.78, 5) is 11.9. The molecule has 3 heteroatoms. The van der Waals surface area contributed by atoms with E-state index in [1.807, 2.05) is 0 Å². The first kappa shape index (κ1) is 24.5. The van der Waals surface area contributed by atoms with Crippen molar-refractivity contribution in [2.24, 2.45) is 50.7 Å². The Labute approximate surface area is 214 Å². The van der Waals surface area contributed by atoms with Gasteiger partial charge in [-0.1, -0.05) is 67.0 Å². The number of carbonyl (C=O) groups excluding carboxylic acids is 1. The molecule has 0 aromatic heterocycles. The van der Waals surface area contributed by atoms with Crippen molar-refractivity contribution in [3.8, 4) is 0 Å². The third-order valence-corrected chi connectivity index (χ3v) is 13.8. The highest BCUT2D eigenvalue weighted by Gasteiger charge is 2.78. The van der Waals surface area contributed by atoms with Crippen molar-refractivity contribution >= 4 is 5.97 Å². The maximum absolute atomic E-state index is 11.9. The summed E-state index contributed by atoms with van der Waals surface area (Å²) < 4.78 is 12.5. The van der Waals surface area contributed by atoms with Gasteiger partial charge in [-0.05, 0) is 90.8 Å². The van der Waals surface area contributed by atoms with Crippen LogP contribution in [0.4, 0.5) is 0 Å². The molecular formula is C32H50O3. The van der Waals surface area contributed by atoms with Gasteiger partial charge in [-0.25, -0.2) is 0 Å². The van der Waals surface area contributed by atoms with Gasteiger partial charge in [0.1, 0.15) is 11.7 Å². The largest absolute Gasteiger partial charge is 0.462 e. The number of hydrogen-bond donors (Lipinski definition) is 0. The summed E-state index contributed by atoms with van der Waals surface area (Å²) in [7, 11) is 0. The van der Waals surface area contributed by atoms with E-state index in [1.54, 1.807) is 12.5 Å². The Hall–Kier alpha value is -0.830. The van der Waals surface area contributed by atoms with Crippen LogP contribution in [0.25, 0.3) is 0 Å². The van der Waals surface area contributed by atoms with Gasteiger partial charge in [0.2, 0.25) is 0 Å². The molecule has 1 heterocycles. The normalized spacial score (nSPS) is 55.6. The molecule has 5 aliphatic carbocycles. The molecule has 0 radical (unpaired) electrons. The van der Waals surface area contributed by atoms with E-state index in [4.69, 9.17) is 9.47 Å². The lowest BCUT2D eigenvalue weighted by molar-refractivity contribution is -0.211. The summed E-state index contributed by atoms with van der Waals surface area (Å²) >= 11 is 0. The van der Waals surface area contributed by atoms with Crippen molar-refractivity contribution in [1.82, 2.24) is 0 Å². The molecule has 1 saturated heterocycles. The first-order chi connectivity index (χ1) is 16.2. The standard InChI is InChI=1S/C32H50O3/c1-19(2)32-25(35-32)18-28(6)16-17-30(8)21(26(28)32)10-11-23-29(7)14-13-24(34-20(3)33)27(4,5)22(29)12-15-31(23,30)9/h10,19,22-26H,11-18H2,1-9H3/t22-,23+,24-,25+,26-,28-,29-,30+,31+,32+/m0/s1. The SMILES string of the molecule is CC(=O)O[C@H]1CC[C@]2(C)[C@H]3CC=C4[C@H]5[C@@](C)(CC[C@@]4(C)[C@]3(C)CC[C@H]2C1(C)C)C[C@H]1O[C@]15C(C)C. The van der Waals surface area contributed by atoms with Gasteiger partial charge in [0.05, 0.1) is 6.10 Å². The van der Waals surface area contributed by atoms with E-state index in [9.17, 15) is 4.79 Å². The minimum absolute atomic E-state index is 0.0261. The second-order valence-corrected chi connectivity index (χ2v) is 15.7. The fourth-order valence-electron chi connectivity index (χ4n) is 11.8. The molecule has 3 nitrogen and oxygen atoms in total. The summed E-state index contributed by atoms with van der Waals surface area (Å²) in [6.07, 6.45) is 13.2. The van der Waals surface area contributed by atoms with Crippen molar-refractivity contribution in [1.29, 1.82) is 0 Å². The Morgan fingerprint density at radius 3 is 2.37 bits per heavy atom. The highest BCUT2D eigenvalue weighted by molar-refractivity contribution is 5.66. The Morgan fingerprint density at radius 1 is 1.00 bits per heavy atom. The number of fused-ring (bicyclic) bond motifs is 9. The van der Waals surface area contributed by atoms with E-state index in [2.05, 4.69) is 61.5 Å². The molecule has 6 aliphatic rings. The highest BCUT2D eigenvalue weighted by atomic mass is 16.6. The van der Waals surface area contributed by atoms with Gasteiger partial charge in [0.15, 0.2) is 0 Å². The summed E-state index contributed by atoms with van der Waals surface area (Å²) in [6.45, 7) is 21.7. The molecule has 6 rings (SSSR count). The Bertz CT molecular complexity index is 979. The second kappa shape index (κ2) is 6.97. The molecule has 0 unspecified atom stereocenters. The van der Waals surface area contributed by atoms with Crippen LogP contribution in [0.2, 0.25) is 0 Å². The number of esters is 1. The van der Waals surface area contributed by atoms with Crippen LogP contribution in [0.15, 0.2) is 11.6 Å². The van der Waals surface area contributed by atoms with Crippen LogP contribution in [0.5, 0.6) is 0 Å². The van der Waals surface area contributed by atoms with Crippen LogP contribution < -0.4 is 0 Å². The van der Waals surface area contributed by atoms with Crippen LogP contribution in [0.3, 0.4) is 0 Å². The van der Waals surface area contributed by atoms with Crippen molar-refractivity contribution in [3.63, 3.8) is 0 Å². The molecule has 0 N–H and O–H groups in total. The van der Waals surface area contributed by atoms with Gasteiger partial charge < -0.3 is 9.47 Å². The van der Waals surface area contributed by atoms with Crippen LogP contribution in [0, 0.1) is 50.7 Å². The smallest absolute Gasteiger partial charge is 0.302 e. The molecule has 0 bridgehead atoms. The third kappa shape index (κ3) is 2.75. The number of epoxide rings is 1. The molecule has 1 aliphatic heterocycles. The van der Waals surface area contributed by atoms with Gasteiger partial charge >= 0.3 is 5.97 Å². The van der Waals surface area contributed by atoms with Crippen molar-refractivity contribution in [2.75, 3.05) is 0 Å². The summed E-state index contributed by atoms with van der Waals surface area (Å²) in [6, 6.07) is 0. The molecule has 0 amide bonds. The minimum Gasteiger partial charge on any atom is -0.462 e. The first-order valence-corrected chi connectivity index (χ1v) is 14.7. The topological polar surface area (TPSA) is 38.8 Å². The Morgan fingerprint density at radius 2 is 1.71 bits per heavy atom. The van der Waals surface area contributed by atoms with Crippen molar-refractivity contribution < 1.29 is 14.3 Å². The van der Waals surface area contributed by atoms with E-state index in [0.29, 0.717) is 46.0 Å². The number of ether oxygens (including phenoxy) is 2. The predicted molar refractivity (Wildman–Crippen MR) is 140 cm³/mol. The molecule has 0 aromatic carbocycles. The van der Waals surface area contributed by atoms with Gasteiger partial charge in [0.25, 0.3) is 0 Å². The quantitative estimate of drug-likeness (QED) is 0.230. The van der Waals surface area contributed by atoms with Gasteiger partial charge in [-0.3, -0.25) is 4.79 Å². The molecule has 5 fully saturated rings. The molecular weight excluding hydrogens is 432 g/mol. The highest BCUT2D eigenvalue weighted by Crippen LogP contribution is 2.79. The average Bonchev–Trinajstić information content (AvgIpc) is 3.38. The molecule has 4 saturated carbocycles. The van der Waals surface area contributed by atoms with Gasteiger partial charge in [0, 0.05) is 18.3 Å². The van der Waals surface area contributed by atoms with Gasteiger partial charge in [-0.15, -0.1) is 0 Å². The van der Waals surface area contributed by atoms with Crippen LogP contribution in [-0.2, 0) is 14.3 Å². The summed E-state index contributed by atoms with van der Waals surface area (Å²) in [5.74, 6) is 2.35. The number of rotatable bonds is 2. The molecule has 35 heavy (non-hydrogen) atoms. The van der Waals surface area contributed by atoms with Crippen molar-refractivity contribution in [2.45, 2.75) is 131 Å². The van der Waals surface area contributed by atoms with Crippen LogP contribution in [-0.4, -0.2) is 23.8 Å². The maximum atomic E-state index is 11.9. The summed E-state index contributed by atoms with van der Waals surface area (Å²) in [5, 5.41) is 0. The lowest BCUT2D eigenvalue weighted by atomic mass is 9.34. The fourth-order valence-corrected chi connectivity index (χ4v) is 11.8. The number of allylic oxidation sites excluding steroid dienone is 1. The third-order valence-electron chi connectivity index (χ3n) is 13.8. The van der Waals surface area contributed by atoms with E-state index in [-0.39, 0.29) is 28.5 Å². The first-order valence-electron chi connectivity index (χ1n) is 14.7. The average molecular weight is 483 g/mol. The van der Waals surface area contributed by atoms with E-state index < -0.39 is 0 Å². The molecule has 0 spiro atoms. The lowest BCUT2D eigenvalue weighted by Crippen LogP contribution is -2.64. The second-order valence-electron chi connectivity index (χ2n) is 15.7. The Balaban J connectivity index is 1.40. The van der Waals surface area contributed by atoms with E-state index in [1.165, 1.54) is 44.9 Å². The predicted octanol–water partition coefficient (Wildman–Crippen LogP) is 7.73. The van der Waals surface area contributed by atoms with Crippen molar-refractivity contribution in [3.05, 3.63) is 11.6 Å².